The SMILES string of the molecule is CC[S+]([O-])N1CC(CC#N)(n2cc(-c3ncnc4c3ccn4C(=O)Oc3ccc([N+](=O)[O-])cc3)cn2)C1. The van der Waals surface area contributed by atoms with Crippen LogP contribution in [0.5, 0.6) is 5.75 Å². The fourth-order valence-electron chi connectivity index (χ4n) is 4.24. The number of nitro benzene ring substituents is 1. The van der Waals surface area contributed by atoms with E-state index in [1.54, 1.807) is 23.1 Å². The van der Waals surface area contributed by atoms with Crippen LogP contribution in [0.3, 0.4) is 0 Å². The maximum absolute atomic E-state index is 12.8. The first-order valence-corrected chi connectivity index (χ1v) is 12.5. The quantitative estimate of drug-likeness (QED) is 0.201. The topological polar surface area (TPSA) is 168 Å². The fourth-order valence-corrected chi connectivity index (χ4v) is 5.37. The van der Waals surface area contributed by atoms with Crippen LogP contribution < -0.4 is 4.74 Å². The second kappa shape index (κ2) is 9.62. The third-order valence-electron chi connectivity index (χ3n) is 6.16. The lowest BCUT2D eigenvalue weighted by molar-refractivity contribution is -0.384. The Kier molecular flexibility index (Phi) is 6.34. The molecule has 14 heteroatoms. The number of rotatable bonds is 7. The summed E-state index contributed by atoms with van der Waals surface area (Å²) in [6.07, 6.45) is 5.73. The number of benzene rings is 1. The normalized spacial score (nSPS) is 15.6. The molecule has 1 aliphatic heterocycles. The Morgan fingerprint density at radius 2 is 2.03 bits per heavy atom. The van der Waals surface area contributed by atoms with Crippen LogP contribution in [0, 0.1) is 21.4 Å². The Bertz CT molecular complexity index is 1520. The van der Waals surface area contributed by atoms with E-state index in [-0.39, 0.29) is 17.9 Å². The molecule has 37 heavy (non-hydrogen) atoms. The largest absolute Gasteiger partial charge is 0.598 e. The van der Waals surface area contributed by atoms with Gasteiger partial charge in [0, 0.05) is 46.8 Å². The highest BCUT2D eigenvalue weighted by atomic mass is 32.2. The van der Waals surface area contributed by atoms with Crippen molar-refractivity contribution in [1.29, 1.82) is 5.26 Å². The minimum absolute atomic E-state index is 0.117. The van der Waals surface area contributed by atoms with Gasteiger partial charge in [0.2, 0.25) is 0 Å². The van der Waals surface area contributed by atoms with E-state index in [9.17, 15) is 24.7 Å². The van der Waals surface area contributed by atoms with Gasteiger partial charge in [0.05, 0.1) is 42.4 Å². The summed E-state index contributed by atoms with van der Waals surface area (Å²) in [5.41, 5.74) is 0.822. The van der Waals surface area contributed by atoms with Crippen molar-refractivity contribution in [1.82, 2.24) is 28.6 Å². The van der Waals surface area contributed by atoms with Gasteiger partial charge in [-0.1, -0.05) is 0 Å². The molecule has 0 aliphatic carbocycles. The number of ether oxygens (including phenoxy) is 1. The van der Waals surface area contributed by atoms with Crippen LogP contribution in [0.25, 0.3) is 22.3 Å². The van der Waals surface area contributed by atoms with E-state index in [4.69, 9.17) is 4.74 Å². The molecule has 13 nitrogen and oxygen atoms in total. The second-order valence-corrected chi connectivity index (χ2v) is 10.1. The van der Waals surface area contributed by atoms with E-state index in [1.165, 1.54) is 41.4 Å². The van der Waals surface area contributed by atoms with Crippen molar-refractivity contribution in [2.45, 2.75) is 18.9 Å². The fraction of sp³-hybridized carbons (Fsp3) is 0.261. The molecule has 4 heterocycles. The van der Waals surface area contributed by atoms with Crippen molar-refractivity contribution in [2.24, 2.45) is 0 Å². The first-order valence-electron chi connectivity index (χ1n) is 11.2. The number of nitrogens with zero attached hydrogens (tertiary/aromatic N) is 8. The van der Waals surface area contributed by atoms with Gasteiger partial charge in [-0.3, -0.25) is 14.8 Å². The van der Waals surface area contributed by atoms with Crippen molar-refractivity contribution in [2.75, 3.05) is 18.8 Å². The zero-order chi connectivity index (χ0) is 26.2. The number of non-ortho nitro benzene ring substituents is 1. The molecule has 1 aromatic carbocycles. The smallest absolute Gasteiger partial charge is 0.425 e. The third kappa shape index (κ3) is 4.40. The van der Waals surface area contributed by atoms with Crippen LogP contribution in [0.15, 0.2) is 55.2 Å². The van der Waals surface area contributed by atoms with Crippen LogP contribution in [0.4, 0.5) is 10.5 Å². The molecule has 1 aliphatic rings. The Hall–Kier alpha value is -4.32. The van der Waals surface area contributed by atoms with Crippen molar-refractivity contribution in [3.63, 3.8) is 0 Å². The van der Waals surface area contributed by atoms with Crippen molar-refractivity contribution < 1.29 is 19.0 Å². The van der Waals surface area contributed by atoms with Crippen LogP contribution in [-0.4, -0.2) is 63.0 Å². The lowest BCUT2D eigenvalue weighted by Crippen LogP contribution is -2.64. The van der Waals surface area contributed by atoms with Crippen molar-refractivity contribution >= 4 is 34.2 Å². The van der Waals surface area contributed by atoms with E-state index in [0.29, 0.717) is 41.1 Å². The van der Waals surface area contributed by atoms with Gasteiger partial charge in [0.25, 0.3) is 5.69 Å². The molecule has 1 fully saturated rings. The number of carbonyl (C=O) groups excluding carboxylic acids is 1. The predicted octanol–water partition coefficient (Wildman–Crippen LogP) is 2.86. The number of fused-ring (bicyclic) bond motifs is 1. The lowest BCUT2D eigenvalue weighted by atomic mass is 9.89. The highest BCUT2D eigenvalue weighted by Crippen LogP contribution is 2.36. The number of carbonyl (C=O) groups is 1. The summed E-state index contributed by atoms with van der Waals surface area (Å²) in [5.74, 6) is 0.657. The average molecular weight is 521 g/mol. The maximum atomic E-state index is 12.8. The van der Waals surface area contributed by atoms with E-state index in [2.05, 4.69) is 21.1 Å². The Morgan fingerprint density at radius 1 is 1.27 bits per heavy atom. The van der Waals surface area contributed by atoms with Crippen LogP contribution in [0.1, 0.15) is 13.3 Å². The van der Waals surface area contributed by atoms with Gasteiger partial charge in [0.1, 0.15) is 23.4 Å². The monoisotopic (exact) mass is 520 g/mol. The molecule has 4 aromatic rings. The predicted molar refractivity (Wildman–Crippen MR) is 132 cm³/mol. The Balaban J connectivity index is 1.40. The van der Waals surface area contributed by atoms with Crippen LogP contribution in [-0.2, 0) is 16.9 Å². The average Bonchev–Trinajstić information content (AvgIpc) is 3.54. The maximum Gasteiger partial charge on any atom is 0.425 e. The molecule has 0 radical (unpaired) electrons. The molecular formula is C23H20N8O5S. The van der Waals surface area contributed by atoms with E-state index in [1.807, 2.05) is 11.2 Å². The number of aromatic nitrogens is 5. The standard InChI is InChI=1S/C23H20N8O5S/c1-2-37(35)28-13-23(14-28,8-9-24)30-12-16(11-27-30)20-19-7-10-29(21(19)26-15-25-20)22(32)36-18-5-3-17(4-6-18)31(33)34/h3-7,10-12,15H,2,8,13-14H2,1H3. The van der Waals surface area contributed by atoms with Crippen LogP contribution in [0.2, 0.25) is 0 Å². The summed E-state index contributed by atoms with van der Waals surface area (Å²) in [6, 6.07) is 9.06. The zero-order valence-corrected chi connectivity index (χ0v) is 20.4. The van der Waals surface area contributed by atoms with Gasteiger partial charge in [-0.15, -0.1) is 4.31 Å². The molecule has 3 aromatic heterocycles. The molecule has 0 spiro atoms. The zero-order valence-electron chi connectivity index (χ0n) is 19.6. The minimum Gasteiger partial charge on any atom is -0.598 e. The summed E-state index contributed by atoms with van der Waals surface area (Å²) in [4.78, 5) is 31.7. The summed E-state index contributed by atoms with van der Waals surface area (Å²) in [7, 11) is 0. The van der Waals surface area contributed by atoms with Gasteiger partial charge in [-0.25, -0.2) is 19.3 Å². The number of nitro groups is 1. The molecule has 1 saturated heterocycles. The molecule has 0 N–H and O–H groups in total. The highest BCUT2D eigenvalue weighted by molar-refractivity contribution is 7.89. The third-order valence-corrected chi connectivity index (χ3v) is 7.49. The molecule has 1 atom stereocenters. The molecule has 0 amide bonds. The van der Waals surface area contributed by atoms with E-state index in [0.717, 1.165) is 0 Å². The molecule has 188 valence electrons. The van der Waals surface area contributed by atoms with Gasteiger partial charge in [-0.05, 0) is 25.1 Å². The molecule has 0 saturated carbocycles. The molecule has 1 unspecified atom stereocenters. The van der Waals surface area contributed by atoms with Crippen molar-refractivity contribution in [3.05, 3.63) is 65.4 Å². The number of hydrogen-bond donors (Lipinski definition) is 0. The van der Waals surface area contributed by atoms with E-state index >= 15 is 0 Å². The van der Waals surface area contributed by atoms with E-state index < -0.39 is 27.9 Å². The summed E-state index contributed by atoms with van der Waals surface area (Å²) >= 11 is -1.09. The van der Waals surface area contributed by atoms with Gasteiger partial charge in [0.15, 0.2) is 5.65 Å². The Morgan fingerprint density at radius 3 is 2.70 bits per heavy atom. The summed E-state index contributed by atoms with van der Waals surface area (Å²) in [5, 5.41) is 25.3. The number of hydrogen-bond acceptors (Lipinski definition) is 10. The van der Waals surface area contributed by atoms with Crippen LogP contribution >= 0.6 is 0 Å². The minimum atomic E-state index is -1.09. The Labute approximate surface area is 213 Å². The van der Waals surface area contributed by atoms with Gasteiger partial charge >= 0.3 is 6.09 Å². The summed E-state index contributed by atoms with van der Waals surface area (Å²) < 4.78 is 22.3. The second-order valence-electron chi connectivity index (χ2n) is 8.41. The van der Waals surface area contributed by atoms with Crippen molar-refractivity contribution in [3.8, 4) is 23.1 Å². The molecule has 5 rings (SSSR count). The first-order chi connectivity index (χ1) is 17.8. The number of nitriles is 1. The lowest BCUT2D eigenvalue weighted by Gasteiger charge is -2.47. The van der Waals surface area contributed by atoms with Gasteiger partial charge in [-0.2, -0.15) is 10.4 Å². The van der Waals surface area contributed by atoms with Gasteiger partial charge < -0.3 is 9.29 Å². The summed E-state index contributed by atoms with van der Waals surface area (Å²) in [6.45, 7) is 2.75. The molecular weight excluding hydrogens is 500 g/mol. The first kappa shape index (κ1) is 24.4. The highest BCUT2D eigenvalue weighted by Gasteiger charge is 2.50. The molecule has 0 bridgehead atoms.